The van der Waals surface area contributed by atoms with E-state index in [1.54, 1.807) is 0 Å². The Hall–Kier alpha value is -0.330. The molecule has 1 saturated carbocycles. The topological polar surface area (TPSA) is 41.5 Å². The summed E-state index contributed by atoms with van der Waals surface area (Å²) in [5.74, 6) is 0. The monoisotopic (exact) mass is 253 g/mol. The van der Waals surface area contributed by atoms with Gasteiger partial charge < -0.3 is 15.2 Å². The lowest BCUT2D eigenvalue weighted by Crippen LogP contribution is -2.52. The first-order valence-corrected chi connectivity index (χ1v) is 6.03. The first kappa shape index (κ1) is 13.1. The lowest BCUT2D eigenvalue weighted by atomic mass is 9.74. The van der Waals surface area contributed by atoms with Gasteiger partial charge >= 0.3 is 6.18 Å². The largest absolute Gasteiger partial charge is 0.415 e. The van der Waals surface area contributed by atoms with Crippen molar-refractivity contribution in [3.05, 3.63) is 0 Å². The zero-order chi connectivity index (χ0) is 12.5. The molecule has 2 N–H and O–H groups in total. The molecule has 1 heterocycles. The molecule has 1 aliphatic carbocycles. The van der Waals surface area contributed by atoms with Crippen LogP contribution >= 0.6 is 0 Å². The summed E-state index contributed by atoms with van der Waals surface area (Å²) < 4.78 is 42.0. The Morgan fingerprint density at radius 2 is 2.12 bits per heavy atom. The molecule has 0 aromatic heterocycles. The van der Waals surface area contributed by atoms with Gasteiger partial charge in [0, 0.05) is 19.2 Å². The van der Waals surface area contributed by atoms with Gasteiger partial charge in [-0.1, -0.05) is 0 Å². The van der Waals surface area contributed by atoms with Crippen molar-refractivity contribution in [1.29, 1.82) is 0 Å². The quantitative estimate of drug-likeness (QED) is 0.802. The Bertz CT molecular complexity index is 266. The first-order chi connectivity index (χ1) is 7.91. The van der Waals surface area contributed by atoms with Gasteiger partial charge in [-0.3, -0.25) is 0 Å². The molecule has 17 heavy (non-hydrogen) atoms. The molecule has 6 heteroatoms. The number of ether oxygens (including phenoxy) is 1. The number of nitrogens with one attached hydrogen (secondary N) is 1. The maximum atomic E-state index is 12.1. The molecule has 1 spiro atoms. The number of hydrogen-bond acceptors (Lipinski definition) is 3. The third-order valence-electron chi connectivity index (χ3n) is 3.74. The van der Waals surface area contributed by atoms with Crippen molar-refractivity contribution in [2.24, 2.45) is 0 Å². The van der Waals surface area contributed by atoms with Crippen LogP contribution in [0.15, 0.2) is 0 Å². The van der Waals surface area contributed by atoms with Gasteiger partial charge in [-0.15, -0.1) is 0 Å². The fourth-order valence-corrected chi connectivity index (χ4v) is 2.52. The molecule has 2 aliphatic rings. The van der Waals surface area contributed by atoms with E-state index in [0.29, 0.717) is 13.0 Å². The molecule has 100 valence electrons. The summed E-state index contributed by atoms with van der Waals surface area (Å²) >= 11 is 0. The Morgan fingerprint density at radius 1 is 1.41 bits per heavy atom. The Kier molecular flexibility index (Phi) is 3.66. The normalized spacial score (nSPS) is 30.0. The van der Waals surface area contributed by atoms with Gasteiger partial charge in [0.2, 0.25) is 0 Å². The molecule has 0 aromatic carbocycles. The zero-order valence-electron chi connectivity index (χ0n) is 9.59. The van der Waals surface area contributed by atoms with Crippen LogP contribution in [0.4, 0.5) is 13.2 Å². The molecule has 2 atom stereocenters. The molecule has 0 bridgehead atoms. The van der Waals surface area contributed by atoms with Gasteiger partial charge in [0.1, 0.15) is 0 Å². The Balaban J connectivity index is 1.76. The fourth-order valence-electron chi connectivity index (χ4n) is 2.52. The van der Waals surface area contributed by atoms with Gasteiger partial charge in [-0.25, -0.2) is 0 Å². The lowest BCUT2D eigenvalue weighted by molar-refractivity contribution is -0.203. The molecule has 2 unspecified atom stereocenters. The van der Waals surface area contributed by atoms with Crippen LogP contribution in [0.3, 0.4) is 0 Å². The highest BCUT2D eigenvalue weighted by Gasteiger charge is 2.43. The van der Waals surface area contributed by atoms with Crippen molar-refractivity contribution in [1.82, 2.24) is 5.32 Å². The van der Waals surface area contributed by atoms with Crippen LogP contribution in [0.1, 0.15) is 32.1 Å². The highest BCUT2D eigenvalue weighted by molar-refractivity contribution is 4.96. The minimum atomic E-state index is -4.54. The number of alkyl halides is 3. The van der Waals surface area contributed by atoms with Crippen LogP contribution in [-0.4, -0.2) is 42.2 Å². The molecule has 0 aromatic rings. The SMILES string of the molecule is OC(CNC1CCOC2(CCC2)C1)C(F)(F)F. The molecule has 0 radical (unpaired) electrons. The van der Waals surface area contributed by atoms with E-state index in [1.165, 1.54) is 0 Å². The standard InChI is InChI=1S/C11H18F3NO2/c12-11(13,14)9(16)7-15-8-2-5-17-10(6-8)3-1-4-10/h8-9,15-16H,1-7H2. The number of aliphatic hydroxyl groups excluding tert-OH is 1. The van der Waals surface area contributed by atoms with Crippen LogP contribution in [0, 0.1) is 0 Å². The summed E-state index contributed by atoms with van der Waals surface area (Å²) in [5, 5.41) is 11.7. The zero-order valence-corrected chi connectivity index (χ0v) is 9.59. The highest BCUT2D eigenvalue weighted by atomic mass is 19.4. The van der Waals surface area contributed by atoms with Crippen LogP contribution in [-0.2, 0) is 4.74 Å². The maximum Gasteiger partial charge on any atom is 0.415 e. The smallest absolute Gasteiger partial charge is 0.382 e. The van der Waals surface area contributed by atoms with Crippen molar-refractivity contribution in [3.63, 3.8) is 0 Å². The van der Waals surface area contributed by atoms with Crippen LogP contribution in [0.2, 0.25) is 0 Å². The van der Waals surface area contributed by atoms with Crippen molar-refractivity contribution in [3.8, 4) is 0 Å². The number of aliphatic hydroxyl groups is 1. The molecule has 3 nitrogen and oxygen atoms in total. The number of rotatable bonds is 3. The molecule has 0 amide bonds. The third-order valence-corrected chi connectivity index (χ3v) is 3.74. The number of halogens is 3. The molecule has 1 saturated heterocycles. The molecule has 1 aliphatic heterocycles. The van der Waals surface area contributed by atoms with Crippen LogP contribution < -0.4 is 5.32 Å². The van der Waals surface area contributed by atoms with Gasteiger partial charge in [0.05, 0.1) is 5.60 Å². The molecular weight excluding hydrogens is 235 g/mol. The molecule has 2 fully saturated rings. The summed E-state index contributed by atoms with van der Waals surface area (Å²) in [7, 11) is 0. The van der Waals surface area contributed by atoms with E-state index in [-0.39, 0.29) is 11.6 Å². The van der Waals surface area contributed by atoms with Crippen molar-refractivity contribution < 1.29 is 23.0 Å². The van der Waals surface area contributed by atoms with Gasteiger partial charge in [-0.2, -0.15) is 13.2 Å². The third kappa shape index (κ3) is 3.11. The average molecular weight is 253 g/mol. The van der Waals surface area contributed by atoms with Gasteiger partial charge in [0.15, 0.2) is 6.10 Å². The van der Waals surface area contributed by atoms with Crippen molar-refractivity contribution in [2.75, 3.05) is 13.2 Å². The second-order valence-electron chi connectivity index (χ2n) is 5.04. The van der Waals surface area contributed by atoms with Crippen LogP contribution in [0.25, 0.3) is 0 Å². The van der Waals surface area contributed by atoms with E-state index in [1.807, 2.05) is 0 Å². The predicted molar refractivity (Wildman–Crippen MR) is 55.6 cm³/mol. The minimum absolute atomic E-state index is 0.0288. The van der Waals surface area contributed by atoms with E-state index >= 15 is 0 Å². The summed E-state index contributed by atoms with van der Waals surface area (Å²) in [5.41, 5.74) is -0.0842. The Morgan fingerprint density at radius 3 is 2.65 bits per heavy atom. The summed E-state index contributed by atoms with van der Waals surface area (Å²) in [6.45, 7) is 0.171. The average Bonchev–Trinajstić information content (AvgIpc) is 2.23. The fraction of sp³-hybridized carbons (Fsp3) is 1.00. The molecular formula is C11H18F3NO2. The lowest BCUT2D eigenvalue weighted by Gasteiger charge is -2.47. The van der Waals surface area contributed by atoms with Gasteiger partial charge in [0.25, 0.3) is 0 Å². The Labute approximate surface area is 98.3 Å². The molecule has 2 rings (SSSR count). The van der Waals surface area contributed by atoms with Gasteiger partial charge in [-0.05, 0) is 32.1 Å². The second kappa shape index (κ2) is 4.74. The van der Waals surface area contributed by atoms with Crippen molar-refractivity contribution >= 4 is 0 Å². The van der Waals surface area contributed by atoms with E-state index < -0.39 is 18.8 Å². The summed E-state index contributed by atoms with van der Waals surface area (Å²) in [6, 6.07) is 0.0288. The minimum Gasteiger partial charge on any atom is -0.382 e. The van der Waals surface area contributed by atoms with E-state index in [0.717, 1.165) is 25.7 Å². The van der Waals surface area contributed by atoms with E-state index in [4.69, 9.17) is 9.84 Å². The second-order valence-corrected chi connectivity index (χ2v) is 5.04. The van der Waals surface area contributed by atoms with Crippen LogP contribution in [0.5, 0.6) is 0 Å². The first-order valence-electron chi connectivity index (χ1n) is 6.03. The maximum absolute atomic E-state index is 12.1. The highest BCUT2D eigenvalue weighted by Crippen LogP contribution is 2.42. The van der Waals surface area contributed by atoms with E-state index in [2.05, 4.69) is 5.32 Å². The number of hydrogen-bond donors (Lipinski definition) is 2. The summed E-state index contributed by atoms with van der Waals surface area (Å²) in [6.07, 6.45) is -2.18. The predicted octanol–water partition coefficient (Wildman–Crippen LogP) is 1.60. The van der Waals surface area contributed by atoms with Crippen molar-refractivity contribution in [2.45, 2.75) is 56.0 Å². The summed E-state index contributed by atoms with van der Waals surface area (Å²) in [4.78, 5) is 0. The van der Waals surface area contributed by atoms with E-state index in [9.17, 15) is 13.2 Å².